The number of methoxy groups -OCH3 is 2. The van der Waals surface area contributed by atoms with E-state index in [0.29, 0.717) is 22.3 Å². The first-order valence-corrected chi connectivity index (χ1v) is 17.7. The van der Waals surface area contributed by atoms with Crippen LogP contribution in [0.3, 0.4) is 0 Å². The lowest BCUT2D eigenvalue weighted by molar-refractivity contribution is -0.176. The molecule has 0 saturated carbocycles. The fraction of sp³-hybridized carbons (Fsp3) is 0.214. The van der Waals surface area contributed by atoms with Gasteiger partial charge in [0.05, 0.1) is 0 Å². The first-order chi connectivity index (χ1) is 23.3. The van der Waals surface area contributed by atoms with E-state index in [1.165, 1.54) is 14.2 Å². The Bertz CT molecular complexity index is 1890. The lowest BCUT2D eigenvalue weighted by Crippen LogP contribution is -2.39. The van der Waals surface area contributed by atoms with Gasteiger partial charge in [0.25, 0.3) is 5.79 Å². The van der Waals surface area contributed by atoms with E-state index >= 15 is 0 Å². The summed E-state index contributed by atoms with van der Waals surface area (Å²) in [6.07, 6.45) is 0. The topological polar surface area (TPSA) is 86.7 Å². The summed E-state index contributed by atoms with van der Waals surface area (Å²) in [5.74, 6) is -1.62. The number of carbonyl (C=O) groups excluding carboxylic acids is 3. The van der Waals surface area contributed by atoms with Crippen LogP contribution >= 0.6 is 7.14 Å². The van der Waals surface area contributed by atoms with E-state index in [1.54, 1.807) is 42.5 Å². The van der Waals surface area contributed by atoms with Gasteiger partial charge in [0, 0.05) is 41.8 Å². The van der Waals surface area contributed by atoms with Crippen molar-refractivity contribution < 1.29 is 28.4 Å². The second kappa shape index (κ2) is 15.7. The Morgan fingerprint density at radius 1 is 0.531 bits per heavy atom. The van der Waals surface area contributed by atoms with Crippen LogP contribution in [-0.4, -0.2) is 31.1 Å². The molecule has 0 radical (unpaired) electrons. The van der Waals surface area contributed by atoms with E-state index in [2.05, 4.69) is 0 Å². The van der Waals surface area contributed by atoms with Gasteiger partial charge in [-0.05, 0) is 63.8 Å². The Labute approximate surface area is 289 Å². The predicted octanol–water partition coefficient (Wildman–Crippen LogP) is 9.22. The van der Waals surface area contributed by atoms with Gasteiger partial charge in [0.15, 0.2) is 0 Å². The maximum absolute atomic E-state index is 14.5. The molecular formula is C42H43O6P. The molecule has 0 aliphatic carbocycles. The van der Waals surface area contributed by atoms with Crippen LogP contribution in [-0.2, 0) is 19.8 Å². The third-order valence-corrected chi connectivity index (χ3v) is 11.2. The number of aryl methyl sites for hydroxylation is 6. The molecule has 0 N–H and O–H groups in total. The van der Waals surface area contributed by atoms with Crippen LogP contribution in [0.25, 0.3) is 0 Å². The van der Waals surface area contributed by atoms with E-state index in [9.17, 15) is 18.9 Å². The molecule has 5 aromatic carbocycles. The Morgan fingerprint density at radius 2 is 0.878 bits per heavy atom. The average Bonchev–Trinajstić information content (AvgIpc) is 3.09. The van der Waals surface area contributed by atoms with E-state index in [1.807, 2.05) is 114 Å². The van der Waals surface area contributed by atoms with Crippen molar-refractivity contribution in [2.24, 2.45) is 0 Å². The molecule has 0 spiro atoms. The number of ketones is 1. The molecule has 0 atom stereocenters. The Hall–Kier alpha value is -4.74. The fourth-order valence-corrected chi connectivity index (χ4v) is 8.97. The second-order valence-electron chi connectivity index (χ2n) is 12.2. The molecule has 0 fully saturated rings. The van der Waals surface area contributed by atoms with Gasteiger partial charge >= 0.3 is 0 Å². The lowest BCUT2D eigenvalue weighted by atomic mass is 9.96. The normalized spacial score (nSPS) is 11.3. The van der Waals surface area contributed by atoms with Gasteiger partial charge in [0.1, 0.15) is 0 Å². The third-order valence-electron chi connectivity index (χ3n) is 8.54. The lowest BCUT2D eigenvalue weighted by Gasteiger charge is -2.29. The summed E-state index contributed by atoms with van der Waals surface area (Å²) >= 11 is 0. The van der Waals surface area contributed by atoms with E-state index in [4.69, 9.17) is 9.47 Å². The summed E-state index contributed by atoms with van der Waals surface area (Å²) < 4.78 is 25.3. The van der Waals surface area contributed by atoms with Crippen LogP contribution in [0.2, 0.25) is 0 Å². The van der Waals surface area contributed by atoms with Crippen LogP contribution in [0.15, 0.2) is 115 Å². The van der Waals surface area contributed by atoms with Gasteiger partial charge in [-0.2, -0.15) is 0 Å². The van der Waals surface area contributed by atoms with E-state index in [0.717, 1.165) is 33.4 Å². The minimum absolute atomic E-state index is 0.218. The molecule has 0 aliphatic heterocycles. The molecule has 252 valence electrons. The molecule has 5 rings (SSSR count). The van der Waals surface area contributed by atoms with Crippen LogP contribution in [0.5, 0.6) is 0 Å². The maximum atomic E-state index is 14.5. The van der Waals surface area contributed by atoms with Gasteiger partial charge in [-0.15, -0.1) is 0 Å². The summed E-state index contributed by atoms with van der Waals surface area (Å²) in [5, 5.41) is 0.277. The summed E-state index contributed by atoms with van der Waals surface area (Å²) in [6, 6.07) is 34.2. The zero-order chi connectivity index (χ0) is 35.9. The highest BCUT2D eigenvalue weighted by Gasteiger charge is 2.45. The number of rotatable bonds is 10. The summed E-state index contributed by atoms with van der Waals surface area (Å²) in [6.45, 7) is 11.2. The Morgan fingerprint density at radius 3 is 1.24 bits per heavy atom. The predicted molar refractivity (Wildman–Crippen MR) is 197 cm³/mol. The first kappa shape index (κ1) is 37.1. The van der Waals surface area contributed by atoms with Crippen molar-refractivity contribution in [2.45, 2.75) is 47.3 Å². The third kappa shape index (κ3) is 7.47. The van der Waals surface area contributed by atoms with Crippen LogP contribution in [0.1, 0.15) is 70.0 Å². The van der Waals surface area contributed by atoms with Crippen LogP contribution in [0.4, 0.5) is 0 Å². The number of carbonyl (C=O) groups is 3. The van der Waals surface area contributed by atoms with Crippen molar-refractivity contribution in [3.8, 4) is 0 Å². The average molecular weight is 675 g/mol. The van der Waals surface area contributed by atoms with Crippen molar-refractivity contribution in [1.29, 1.82) is 0 Å². The Balaban J connectivity index is 0.000000244. The van der Waals surface area contributed by atoms with E-state index < -0.39 is 24.0 Å². The fourth-order valence-electron chi connectivity index (χ4n) is 6.39. The monoisotopic (exact) mass is 674 g/mol. The highest BCUT2D eigenvalue weighted by Crippen LogP contribution is 2.52. The molecule has 0 heterocycles. The molecule has 0 unspecified atom stereocenters. The smallest absolute Gasteiger partial charge is 0.260 e. The molecule has 0 amide bonds. The standard InChI is InChI=1S/C26H27O3P.C16H16O3/c1-16-12-18(3)23(19(4)13-16)25(27)30(29,22-10-8-7-9-11-22)26(28)24-20(5)14-17(2)15-21(24)6;1-18-16(19-2,14-11-7-4-8-12-14)15(17)13-9-5-3-6-10-13/h7-15H,1-6H3;3-12H,1-2H3. The molecule has 49 heavy (non-hydrogen) atoms. The molecule has 0 aliphatic rings. The molecule has 0 bridgehead atoms. The number of hydrogen-bond acceptors (Lipinski definition) is 6. The molecule has 0 saturated heterocycles. The van der Waals surface area contributed by atoms with Crippen LogP contribution in [0, 0.1) is 41.5 Å². The van der Waals surface area contributed by atoms with Crippen molar-refractivity contribution in [3.63, 3.8) is 0 Å². The zero-order valence-corrected chi connectivity index (χ0v) is 30.3. The highest BCUT2D eigenvalue weighted by molar-refractivity contribution is 8.01. The van der Waals surface area contributed by atoms with Gasteiger partial charge in [-0.1, -0.05) is 126 Å². The van der Waals surface area contributed by atoms with Crippen LogP contribution < -0.4 is 5.30 Å². The number of ether oxygens (including phenoxy) is 2. The van der Waals surface area contributed by atoms with Gasteiger partial charge in [0.2, 0.25) is 24.0 Å². The van der Waals surface area contributed by atoms with Crippen molar-refractivity contribution in [3.05, 3.63) is 171 Å². The number of hydrogen-bond donors (Lipinski definition) is 0. The minimum atomic E-state index is -4.11. The number of Topliss-reactive ketones (excluding diaryl/α,β-unsaturated/α-hetero) is 1. The highest BCUT2D eigenvalue weighted by atomic mass is 31.2. The molecule has 7 heteroatoms. The largest absolute Gasteiger partial charge is 0.343 e. The summed E-state index contributed by atoms with van der Waals surface area (Å²) in [5.41, 5.74) is 5.78. The second-order valence-corrected chi connectivity index (χ2v) is 14.7. The first-order valence-electron chi connectivity index (χ1n) is 16.0. The summed E-state index contributed by atoms with van der Waals surface area (Å²) in [4.78, 5) is 40.4. The summed E-state index contributed by atoms with van der Waals surface area (Å²) in [7, 11) is -1.17. The van der Waals surface area contributed by atoms with Gasteiger partial charge < -0.3 is 14.0 Å². The molecule has 0 aromatic heterocycles. The Kier molecular flexibility index (Phi) is 11.8. The van der Waals surface area contributed by atoms with Gasteiger partial charge in [-0.3, -0.25) is 14.4 Å². The SMILES string of the molecule is COC(OC)(C(=O)c1ccccc1)c1ccccc1.Cc1cc(C)c(C(=O)P(=O)(C(=O)c2c(C)cc(C)cc2C)c2ccccc2)c(C)c1. The molecule has 6 nitrogen and oxygen atoms in total. The minimum Gasteiger partial charge on any atom is -0.343 e. The molecule has 5 aromatic rings. The quantitative estimate of drug-likeness (QED) is 0.0834. The van der Waals surface area contributed by atoms with Gasteiger partial charge in [-0.25, -0.2) is 0 Å². The van der Waals surface area contributed by atoms with Crippen molar-refractivity contribution in [2.75, 3.05) is 14.2 Å². The maximum Gasteiger partial charge on any atom is 0.260 e. The van der Waals surface area contributed by atoms with Crippen molar-refractivity contribution in [1.82, 2.24) is 0 Å². The van der Waals surface area contributed by atoms with E-state index in [-0.39, 0.29) is 11.1 Å². The number of benzene rings is 5. The molecular weight excluding hydrogens is 631 g/mol. The zero-order valence-electron chi connectivity index (χ0n) is 29.4. The van der Waals surface area contributed by atoms with Crippen molar-refractivity contribution >= 4 is 29.3 Å².